The Morgan fingerprint density at radius 2 is 1.29 bits per heavy atom. The van der Waals surface area contributed by atoms with Crippen LogP contribution in [-0.2, 0) is 0 Å². The number of rotatable bonds is 3. The summed E-state index contributed by atoms with van der Waals surface area (Å²) in [4.78, 5) is 0. The molecule has 0 bridgehead atoms. The molecule has 2 nitrogen and oxygen atoms in total. The largest absolute Gasteiger partial charge is 0.390 e. The van der Waals surface area contributed by atoms with Crippen molar-refractivity contribution in [3.05, 3.63) is 35.4 Å². The highest BCUT2D eigenvalue weighted by Gasteiger charge is 2.13. The number of hydrogen-bond acceptors (Lipinski definition) is 2. The van der Waals surface area contributed by atoms with Gasteiger partial charge in [0.25, 0.3) is 0 Å². The molecule has 0 aliphatic rings. The molecule has 0 fully saturated rings. The van der Waals surface area contributed by atoms with Crippen molar-refractivity contribution in [1.29, 1.82) is 0 Å². The highest BCUT2D eigenvalue weighted by Crippen LogP contribution is 2.20. The Morgan fingerprint density at radius 3 is 1.64 bits per heavy atom. The van der Waals surface area contributed by atoms with Crippen LogP contribution in [0.3, 0.4) is 0 Å². The van der Waals surface area contributed by atoms with E-state index in [0.29, 0.717) is 5.92 Å². The maximum atomic E-state index is 9.58. The first-order valence-corrected chi connectivity index (χ1v) is 4.98. The zero-order valence-electron chi connectivity index (χ0n) is 8.94. The van der Waals surface area contributed by atoms with Crippen LogP contribution in [0.25, 0.3) is 0 Å². The fourth-order valence-corrected chi connectivity index (χ4v) is 1.36. The monoisotopic (exact) mass is 194 g/mol. The van der Waals surface area contributed by atoms with Crippen molar-refractivity contribution in [2.75, 3.05) is 0 Å². The van der Waals surface area contributed by atoms with Gasteiger partial charge in [0, 0.05) is 0 Å². The van der Waals surface area contributed by atoms with Crippen molar-refractivity contribution in [2.45, 2.75) is 38.9 Å². The standard InChI is InChI=1S/C12H18O2/c1-8(2)10-4-6-11(7-5-10)12(14)9(3)13/h4-9,12-14H,1-3H3. The summed E-state index contributed by atoms with van der Waals surface area (Å²) >= 11 is 0. The lowest BCUT2D eigenvalue weighted by molar-refractivity contribution is 0.0305. The van der Waals surface area contributed by atoms with E-state index in [0.717, 1.165) is 5.56 Å². The van der Waals surface area contributed by atoms with E-state index in [1.54, 1.807) is 6.92 Å². The molecule has 2 unspecified atom stereocenters. The second-order valence-corrected chi connectivity index (χ2v) is 4.01. The quantitative estimate of drug-likeness (QED) is 0.774. The summed E-state index contributed by atoms with van der Waals surface area (Å²) in [5, 5.41) is 18.8. The first kappa shape index (κ1) is 11.2. The van der Waals surface area contributed by atoms with Gasteiger partial charge in [0.1, 0.15) is 6.10 Å². The fraction of sp³-hybridized carbons (Fsp3) is 0.500. The molecule has 78 valence electrons. The molecule has 0 saturated heterocycles. The summed E-state index contributed by atoms with van der Waals surface area (Å²) in [7, 11) is 0. The number of hydrogen-bond donors (Lipinski definition) is 2. The number of aliphatic hydroxyl groups is 2. The molecule has 0 heterocycles. The molecule has 0 aliphatic carbocycles. The Balaban J connectivity index is 2.83. The summed E-state index contributed by atoms with van der Waals surface area (Å²) in [6.07, 6.45) is -1.50. The van der Waals surface area contributed by atoms with Gasteiger partial charge in [0.05, 0.1) is 6.10 Å². The minimum absolute atomic E-state index is 0.493. The van der Waals surface area contributed by atoms with Crippen molar-refractivity contribution < 1.29 is 10.2 Å². The smallest absolute Gasteiger partial charge is 0.105 e. The van der Waals surface area contributed by atoms with E-state index < -0.39 is 12.2 Å². The van der Waals surface area contributed by atoms with Gasteiger partial charge < -0.3 is 10.2 Å². The van der Waals surface area contributed by atoms with Gasteiger partial charge >= 0.3 is 0 Å². The molecule has 1 aromatic carbocycles. The Hall–Kier alpha value is -0.860. The molecule has 0 spiro atoms. The topological polar surface area (TPSA) is 40.5 Å². The zero-order valence-corrected chi connectivity index (χ0v) is 8.94. The molecular formula is C12H18O2. The normalized spacial score (nSPS) is 15.6. The zero-order chi connectivity index (χ0) is 10.7. The van der Waals surface area contributed by atoms with Crippen molar-refractivity contribution >= 4 is 0 Å². The molecule has 14 heavy (non-hydrogen) atoms. The maximum absolute atomic E-state index is 9.58. The lowest BCUT2D eigenvalue weighted by Gasteiger charge is -2.14. The van der Waals surface area contributed by atoms with Crippen LogP contribution < -0.4 is 0 Å². The molecule has 2 N–H and O–H groups in total. The predicted molar refractivity (Wildman–Crippen MR) is 57.2 cm³/mol. The van der Waals surface area contributed by atoms with E-state index >= 15 is 0 Å². The molecule has 1 aromatic rings. The van der Waals surface area contributed by atoms with E-state index in [1.807, 2.05) is 24.3 Å². The second-order valence-electron chi connectivity index (χ2n) is 4.01. The van der Waals surface area contributed by atoms with Gasteiger partial charge in [-0.1, -0.05) is 38.1 Å². The molecule has 0 aromatic heterocycles. The predicted octanol–water partition coefficient (Wildman–Crippen LogP) is 2.22. The van der Waals surface area contributed by atoms with Crippen LogP contribution >= 0.6 is 0 Å². The van der Waals surface area contributed by atoms with Crippen LogP contribution in [0.2, 0.25) is 0 Å². The summed E-state index contributed by atoms with van der Waals surface area (Å²) in [6, 6.07) is 7.72. The highest BCUT2D eigenvalue weighted by molar-refractivity contribution is 5.26. The Morgan fingerprint density at radius 1 is 0.857 bits per heavy atom. The molecule has 0 saturated carbocycles. The van der Waals surface area contributed by atoms with E-state index in [9.17, 15) is 10.2 Å². The summed E-state index contributed by atoms with van der Waals surface area (Å²) in [5.41, 5.74) is 2.01. The van der Waals surface area contributed by atoms with Gasteiger partial charge in [-0.25, -0.2) is 0 Å². The molecule has 2 atom stereocenters. The van der Waals surface area contributed by atoms with Crippen LogP contribution in [0.4, 0.5) is 0 Å². The SMILES string of the molecule is CC(C)c1ccc(C(O)C(C)O)cc1. The van der Waals surface area contributed by atoms with Crippen molar-refractivity contribution in [1.82, 2.24) is 0 Å². The number of benzene rings is 1. The van der Waals surface area contributed by atoms with Crippen LogP contribution in [0.5, 0.6) is 0 Å². The molecule has 2 heteroatoms. The summed E-state index contributed by atoms with van der Waals surface area (Å²) in [6.45, 7) is 5.83. The number of aliphatic hydroxyl groups excluding tert-OH is 2. The fourth-order valence-electron chi connectivity index (χ4n) is 1.36. The molecule has 0 amide bonds. The van der Waals surface area contributed by atoms with Gasteiger partial charge in [0.15, 0.2) is 0 Å². The van der Waals surface area contributed by atoms with Gasteiger partial charge in [-0.15, -0.1) is 0 Å². The van der Waals surface area contributed by atoms with Crippen LogP contribution in [0.15, 0.2) is 24.3 Å². The van der Waals surface area contributed by atoms with Crippen molar-refractivity contribution in [3.63, 3.8) is 0 Å². The molecule has 0 radical (unpaired) electrons. The molecule has 1 rings (SSSR count). The van der Waals surface area contributed by atoms with E-state index in [1.165, 1.54) is 5.56 Å². The first-order chi connectivity index (χ1) is 6.52. The minimum Gasteiger partial charge on any atom is -0.390 e. The Kier molecular flexibility index (Phi) is 3.67. The second kappa shape index (κ2) is 4.58. The van der Waals surface area contributed by atoms with Crippen LogP contribution in [0.1, 0.15) is 43.9 Å². The first-order valence-electron chi connectivity index (χ1n) is 4.98. The third-order valence-electron chi connectivity index (χ3n) is 2.40. The third-order valence-corrected chi connectivity index (χ3v) is 2.40. The summed E-state index contributed by atoms with van der Waals surface area (Å²) in [5.74, 6) is 0.493. The minimum atomic E-state index is -0.781. The Labute approximate surface area is 85.2 Å². The van der Waals surface area contributed by atoms with Crippen LogP contribution in [0, 0.1) is 0 Å². The maximum Gasteiger partial charge on any atom is 0.105 e. The van der Waals surface area contributed by atoms with Gasteiger partial charge in [0.2, 0.25) is 0 Å². The summed E-state index contributed by atoms with van der Waals surface area (Å²) < 4.78 is 0. The van der Waals surface area contributed by atoms with Crippen molar-refractivity contribution in [2.24, 2.45) is 0 Å². The van der Waals surface area contributed by atoms with E-state index in [2.05, 4.69) is 13.8 Å². The third kappa shape index (κ3) is 2.56. The average molecular weight is 194 g/mol. The van der Waals surface area contributed by atoms with E-state index in [-0.39, 0.29) is 0 Å². The van der Waals surface area contributed by atoms with Crippen LogP contribution in [-0.4, -0.2) is 16.3 Å². The Bertz CT molecular complexity index is 275. The molecule has 0 aliphatic heterocycles. The van der Waals surface area contributed by atoms with Gasteiger partial charge in [-0.05, 0) is 24.0 Å². The van der Waals surface area contributed by atoms with Gasteiger partial charge in [-0.3, -0.25) is 0 Å². The average Bonchev–Trinajstić information content (AvgIpc) is 2.16. The van der Waals surface area contributed by atoms with Gasteiger partial charge in [-0.2, -0.15) is 0 Å². The van der Waals surface area contributed by atoms with Crippen molar-refractivity contribution in [3.8, 4) is 0 Å². The lowest BCUT2D eigenvalue weighted by Crippen LogP contribution is -2.13. The lowest BCUT2D eigenvalue weighted by atomic mass is 9.99. The molecular weight excluding hydrogens is 176 g/mol. The highest BCUT2D eigenvalue weighted by atomic mass is 16.3. The van der Waals surface area contributed by atoms with E-state index in [4.69, 9.17) is 0 Å².